The molecule has 14 heavy (non-hydrogen) atoms. The molecule has 1 saturated heterocycles. The van der Waals surface area contributed by atoms with Crippen LogP contribution in [0.15, 0.2) is 0 Å². The van der Waals surface area contributed by atoms with Gasteiger partial charge in [-0.25, -0.2) is 0 Å². The molecule has 1 rings (SSSR count). The smallest absolute Gasteiger partial charge is 0.0865 e. The molecule has 82 valence electrons. The van der Waals surface area contributed by atoms with Crippen LogP contribution >= 0.6 is 0 Å². The van der Waals surface area contributed by atoms with Gasteiger partial charge >= 0.3 is 0 Å². The van der Waals surface area contributed by atoms with Crippen molar-refractivity contribution in [2.75, 3.05) is 19.6 Å². The highest BCUT2D eigenvalue weighted by Gasteiger charge is 2.07. The number of likely N-dealkylation sites (tertiary alicyclic amines) is 1. The molecule has 0 amide bonds. The highest BCUT2D eigenvalue weighted by atomic mass is 35.7. The van der Waals surface area contributed by atoms with Crippen LogP contribution in [0.2, 0.25) is 0 Å². The molecule has 0 aromatic heterocycles. The largest absolute Gasteiger partial charge is 0.291 e. The van der Waals surface area contributed by atoms with E-state index in [9.17, 15) is 0 Å². The predicted octanol–water partition coefficient (Wildman–Crippen LogP) is -3.13. The Balaban J connectivity index is 0.000000292. The number of nitriles is 1. The van der Waals surface area contributed by atoms with Crippen LogP contribution in [0.1, 0.15) is 19.3 Å². The van der Waals surface area contributed by atoms with Crippen LogP contribution in [0.5, 0.6) is 0 Å². The first-order valence-electron chi connectivity index (χ1n) is 4.16. The third-order valence-electron chi connectivity index (χ3n) is 1.74. The maximum Gasteiger partial charge on any atom is 0.0865 e. The Morgan fingerprint density at radius 1 is 1.21 bits per heavy atom. The molecular formula is C7H13ClN2O4. The average molecular weight is 225 g/mol. The standard InChI is InChI=1S/C7H12N2.ClHO4/c8-4-7-9-5-2-1-3-6-9;2-1(3,4)5/h1-3,5-7H2;(H,2,3,4,5). The second-order valence-electron chi connectivity index (χ2n) is 2.89. The lowest BCUT2D eigenvalue weighted by atomic mass is 10.1. The van der Waals surface area contributed by atoms with E-state index in [0.717, 1.165) is 13.1 Å². The van der Waals surface area contributed by atoms with Crippen LogP contribution in [0.25, 0.3) is 0 Å². The molecule has 0 atom stereocenters. The molecule has 0 saturated carbocycles. The molecule has 0 aromatic carbocycles. The normalized spacial score (nSPS) is 17.9. The molecule has 1 heterocycles. The Morgan fingerprint density at radius 3 is 2.00 bits per heavy atom. The summed E-state index contributed by atoms with van der Waals surface area (Å²) in [7, 11) is -4.69. The van der Waals surface area contributed by atoms with Gasteiger partial charge in [0.2, 0.25) is 0 Å². The highest BCUT2D eigenvalue weighted by molar-refractivity contribution is 4.77. The van der Waals surface area contributed by atoms with E-state index in [1.807, 2.05) is 0 Å². The predicted molar refractivity (Wildman–Crippen MR) is 38.1 cm³/mol. The lowest BCUT2D eigenvalue weighted by Crippen LogP contribution is -2.58. The number of hydrogen-bond donors (Lipinski definition) is 1. The molecule has 1 N–H and O–H groups in total. The van der Waals surface area contributed by atoms with E-state index in [1.165, 1.54) is 19.3 Å². The van der Waals surface area contributed by atoms with Crippen molar-refractivity contribution in [2.24, 2.45) is 0 Å². The van der Waals surface area contributed by atoms with Crippen molar-refractivity contribution < 1.29 is 28.9 Å². The third kappa shape index (κ3) is 11.6. The summed E-state index contributed by atoms with van der Waals surface area (Å²) >= 11 is 0. The van der Waals surface area contributed by atoms with E-state index in [1.54, 1.807) is 0 Å². The summed E-state index contributed by atoms with van der Waals surface area (Å²) in [4.78, 5) is 2.21. The van der Waals surface area contributed by atoms with E-state index in [4.69, 9.17) is 23.9 Å². The zero-order valence-electron chi connectivity index (χ0n) is 7.69. The Labute approximate surface area is 84.7 Å². The van der Waals surface area contributed by atoms with Crippen LogP contribution in [-0.4, -0.2) is 29.2 Å². The average Bonchev–Trinajstić information content (AvgIpc) is 2.03. The van der Waals surface area contributed by atoms with Crippen molar-refractivity contribution in [3.05, 3.63) is 0 Å². The van der Waals surface area contributed by atoms with Gasteiger partial charge in [0.25, 0.3) is 0 Å². The monoisotopic (exact) mass is 224 g/mol. The fourth-order valence-electron chi connectivity index (χ4n) is 1.22. The van der Waals surface area contributed by atoms with Crippen molar-refractivity contribution in [3.8, 4) is 6.07 Å². The van der Waals surface area contributed by atoms with E-state index < -0.39 is 10.2 Å². The zero-order valence-corrected chi connectivity index (χ0v) is 8.44. The molecule has 1 aliphatic rings. The van der Waals surface area contributed by atoms with Gasteiger partial charge in [0.15, 0.2) is 0 Å². The molecule has 0 aromatic rings. The van der Waals surface area contributed by atoms with Gasteiger partial charge in [0.05, 0.1) is 27.5 Å². The van der Waals surface area contributed by atoms with Crippen molar-refractivity contribution in [3.63, 3.8) is 0 Å². The second-order valence-corrected chi connectivity index (χ2v) is 3.68. The molecule has 1 fully saturated rings. The summed E-state index contributed by atoms with van der Waals surface area (Å²) in [6, 6.07) is 2.16. The van der Waals surface area contributed by atoms with Crippen molar-refractivity contribution in [1.29, 1.82) is 5.26 Å². The molecule has 0 aliphatic carbocycles. The summed E-state index contributed by atoms with van der Waals surface area (Å²) < 4.78 is 32.7. The molecule has 0 unspecified atom stereocenters. The first kappa shape index (κ1) is 13.6. The van der Waals surface area contributed by atoms with E-state index in [2.05, 4.69) is 11.0 Å². The van der Waals surface area contributed by atoms with Crippen LogP contribution < -0.4 is 14.0 Å². The Morgan fingerprint density at radius 2 is 1.64 bits per heavy atom. The number of hydrogen-bond acceptors (Lipinski definition) is 6. The van der Waals surface area contributed by atoms with Gasteiger partial charge in [-0.1, -0.05) is 6.42 Å². The van der Waals surface area contributed by atoms with Gasteiger partial charge in [-0.3, -0.25) is 4.90 Å². The minimum Gasteiger partial charge on any atom is -0.291 e. The SMILES string of the molecule is N#CCN1CCCCC1.[O-][Cl+3]([O-])([O-])O. The number of rotatable bonds is 1. The van der Waals surface area contributed by atoms with E-state index in [-0.39, 0.29) is 0 Å². The lowest BCUT2D eigenvalue weighted by molar-refractivity contribution is -1.92. The minimum absolute atomic E-state index is 0.625. The van der Waals surface area contributed by atoms with Crippen molar-refractivity contribution >= 4 is 0 Å². The fourth-order valence-corrected chi connectivity index (χ4v) is 1.22. The Bertz CT molecular complexity index is 177. The molecule has 7 heteroatoms. The summed E-state index contributed by atoms with van der Waals surface area (Å²) in [5.74, 6) is 0. The molecule has 1 aliphatic heterocycles. The Hall–Kier alpha value is -0.420. The van der Waals surface area contributed by atoms with E-state index in [0.29, 0.717) is 6.54 Å². The first-order chi connectivity index (χ1) is 6.43. The van der Waals surface area contributed by atoms with E-state index >= 15 is 0 Å². The minimum atomic E-state index is -4.69. The van der Waals surface area contributed by atoms with Crippen LogP contribution in [0, 0.1) is 21.6 Å². The molecule has 6 nitrogen and oxygen atoms in total. The number of nitrogens with zero attached hydrogens (tertiary/aromatic N) is 2. The fraction of sp³-hybridized carbons (Fsp3) is 0.857. The summed E-state index contributed by atoms with van der Waals surface area (Å²) in [6.45, 7) is 2.89. The van der Waals surface area contributed by atoms with Crippen LogP contribution in [0.4, 0.5) is 0 Å². The Kier molecular flexibility index (Phi) is 6.74. The van der Waals surface area contributed by atoms with Gasteiger partial charge in [-0.2, -0.15) is 19.2 Å². The van der Waals surface area contributed by atoms with Gasteiger partial charge in [0, 0.05) is 0 Å². The molecular weight excluding hydrogens is 212 g/mol. The zero-order chi connectivity index (χ0) is 11.0. The third-order valence-corrected chi connectivity index (χ3v) is 1.74. The van der Waals surface area contributed by atoms with Gasteiger partial charge in [-0.15, -0.1) is 0 Å². The molecule has 0 spiro atoms. The number of halogens is 1. The van der Waals surface area contributed by atoms with Gasteiger partial charge in [0.1, 0.15) is 0 Å². The second kappa shape index (κ2) is 6.95. The molecule has 0 bridgehead atoms. The topological polar surface area (TPSA) is 116 Å². The summed E-state index contributed by atoms with van der Waals surface area (Å²) in [5, 5.41) is 8.33. The highest BCUT2D eigenvalue weighted by Crippen LogP contribution is 2.06. The number of piperidine rings is 1. The van der Waals surface area contributed by atoms with Crippen molar-refractivity contribution in [1.82, 2.24) is 4.90 Å². The lowest BCUT2D eigenvalue weighted by Gasteiger charge is -2.22. The quantitative estimate of drug-likeness (QED) is 0.471. The first-order valence-corrected chi connectivity index (χ1v) is 5.42. The van der Waals surface area contributed by atoms with Gasteiger partial charge in [-0.05, 0) is 25.9 Å². The summed E-state index contributed by atoms with van der Waals surface area (Å²) in [6.07, 6.45) is 3.91. The van der Waals surface area contributed by atoms with Crippen LogP contribution in [-0.2, 0) is 0 Å². The van der Waals surface area contributed by atoms with Crippen molar-refractivity contribution in [2.45, 2.75) is 19.3 Å². The molecule has 0 radical (unpaired) electrons. The maximum absolute atomic E-state index is 8.60. The van der Waals surface area contributed by atoms with Crippen LogP contribution in [0.3, 0.4) is 0 Å². The van der Waals surface area contributed by atoms with Gasteiger partial charge < -0.3 is 0 Å². The summed E-state index contributed by atoms with van der Waals surface area (Å²) in [5.41, 5.74) is 0. The maximum atomic E-state index is 8.60.